The van der Waals surface area contributed by atoms with Crippen LogP contribution in [-0.4, -0.2) is 9.55 Å². The minimum atomic E-state index is 0.916. The first-order valence-corrected chi connectivity index (χ1v) is 16.2. The van der Waals surface area contributed by atoms with Crippen LogP contribution in [0.5, 0.6) is 0 Å². The summed E-state index contributed by atoms with van der Waals surface area (Å²) in [5.41, 5.74) is 10.2. The van der Waals surface area contributed by atoms with E-state index in [4.69, 9.17) is 4.98 Å². The van der Waals surface area contributed by atoms with Gasteiger partial charge in [-0.3, -0.25) is 4.57 Å². The van der Waals surface area contributed by atoms with E-state index in [1.165, 1.54) is 37.9 Å². The Morgan fingerprint density at radius 3 is 1.65 bits per heavy atom. The van der Waals surface area contributed by atoms with Gasteiger partial charge in [0.1, 0.15) is 5.82 Å². The van der Waals surface area contributed by atoms with Gasteiger partial charge in [-0.1, -0.05) is 153 Å². The van der Waals surface area contributed by atoms with Gasteiger partial charge in [0.15, 0.2) is 0 Å². The Morgan fingerprint density at radius 2 is 1.04 bits per heavy atom. The fourth-order valence-electron chi connectivity index (χ4n) is 6.55. The van der Waals surface area contributed by atoms with Gasteiger partial charge >= 0.3 is 0 Å². The first-order valence-electron chi connectivity index (χ1n) is 16.2. The van der Waals surface area contributed by atoms with E-state index in [0.717, 1.165) is 39.6 Å². The van der Waals surface area contributed by atoms with Crippen molar-refractivity contribution in [3.05, 3.63) is 156 Å². The van der Waals surface area contributed by atoms with E-state index in [1.807, 2.05) is 13.8 Å². The van der Waals surface area contributed by atoms with Crippen LogP contribution in [0.3, 0.4) is 0 Å². The molecule has 0 saturated carbocycles. The molecule has 0 saturated heterocycles. The van der Waals surface area contributed by atoms with Crippen LogP contribution in [-0.2, 0) is 0 Å². The Bertz CT molecular complexity index is 2230. The molecule has 0 aliphatic heterocycles. The molecule has 0 radical (unpaired) electrons. The summed E-state index contributed by atoms with van der Waals surface area (Å²) in [5.74, 6) is 0.916. The lowest BCUT2D eigenvalue weighted by Gasteiger charge is -2.17. The van der Waals surface area contributed by atoms with Crippen molar-refractivity contribution in [2.45, 2.75) is 34.6 Å². The molecule has 7 aromatic rings. The summed E-state index contributed by atoms with van der Waals surface area (Å²) >= 11 is 0. The van der Waals surface area contributed by atoms with Gasteiger partial charge in [-0.25, -0.2) is 4.98 Å². The van der Waals surface area contributed by atoms with Crippen LogP contribution < -0.4 is 10.4 Å². The molecular weight excluding hydrogens is 556 g/mol. The molecule has 226 valence electrons. The Morgan fingerprint density at radius 1 is 0.522 bits per heavy atom. The second kappa shape index (κ2) is 13.7. The van der Waals surface area contributed by atoms with Crippen LogP contribution in [0.25, 0.3) is 73.6 Å². The lowest BCUT2D eigenvalue weighted by Crippen LogP contribution is -2.29. The van der Waals surface area contributed by atoms with E-state index in [0.29, 0.717) is 0 Å². The average Bonchev–Trinajstić information content (AvgIpc) is 3.54. The molecule has 0 amide bonds. The highest BCUT2D eigenvalue weighted by Gasteiger charge is 2.23. The van der Waals surface area contributed by atoms with Crippen LogP contribution in [0, 0.1) is 6.92 Å². The zero-order chi connectivity index (χ0) is 32.0. The van der Waals surface area contributed by atoms with Crippen molar-refractivity contribution in [1.82, 2.24) is 9.55 Å². The fourth-order valence-corrected chi connectivity index (χ4v) is 6.55. The van der Waals surface area contributed by atoms with E-state index >= 15 is 0 Å². The van der Waals surface area contributed by atoms with Crippen molar-refractivity contribution in [2.24, 2.45) is 0 Å². The fraction of sp³-hybridized carbons (Fsp3) is 0.114. The molecule has 0 atom stereocenters. The second-order valence-electron chi connectivity index (χ2n) is 11.1. The van der Waals surface area contributed by atoms with Crippen molar-refractivity contribution < 1.29 is 0 Å². The van der Waals surface area contributed by atoms with Gasteiger partial charge in [0, 0.05) is 22.4 Å². The van der Waals surface area contributed by atoms with E-state index in [1.54, 1.807) is 0 Å². The standard InChI is InChI=1S/C42H34N2.C2H6/c1-4-35-29(3)37-26-15-16-27-38(37)39(36(35)5-2)33-24-17-25-34(28-33)44-41(31-20-11-7-12-21-31)40(30-18-9-6-10-19-30)43-42(44)32-22-13-8-14-23-32;1-2/h4-28H,1-3H3;1-2H3/b35-4-,36-5+;. The molecule has 1 heterocycles. The number of hydrogen-bond acceptors (Lipinski definition) is 1. The summed E-state index contributed by atoms with van der Waals surface area (Å²) < 4.78 is 2.34. The molecule has 0 unspecified atom stereocenters. The van der Waals surface area contributed by atoms with Crippen LogP contribution >= 0.6 is 0 Å². The van der Waals surface area contributed by atoms with Crippen molar-refractivity contribution in [1.29, 1.82) is 0 Å². The van der Waals surface area contributed by atoms with Crippen molar-refractivity contribution in [3.8, 4) is 50.7 Å². The van der Waals surface area contributed by atoms with Gasteiger partial charge in [-0.2, -0.15) is 0 Å². The third-order valence-electron chi connectivity index (χ3n) is 8.54. The Kier molecular flexibility index (Phi) is 9.08. The third kappa shape index (κ3) is 5.48. The Labute approximate surface area is 272 Å². The zero-order valence-electron chi connectivity index (χ0n) is 27.3. The van der Waals surface area contributed by atoms with Gasteiger partial charge in [0.05, 0.1) is 11.4 Å². The van der Waals surface area contributed by atoms with Crippen LogP contribution in [0.2, 0.25) is 0 Å². The summed E-state index contributed by atoms with van der Waals surface area (Å²) in [5, 5.41) is 5.11. The highest BCUT2D eigenvalue weighted by atomic mass is 15.1. The summed E-state index contributed by atoms with van der Waals surface area (Å²) in [6.45, 7) is 10.5. The van der Waals surface area contributed by atoms with Crippen LogP contribution in [0.1, 0.15) is 33.3 Å². The number of imidazole rings is 1. The third-order valence-corrected chi connectivity index (χ3v) is 8.54. The van der Waals surface area contributed by atoms with Gasteiger partial charge in [0.25, 0.3) is 0 Å². The van der Waals surface area contributed by atoms with E-state index in [9.17, 15) is 0 Å². The zero-order valence-corrected chi connectivity index (χ0v) is 27.3. The molecule has 1 aromatic heterocycles. The first kappa shape index (κ1) is 30.6. The summed E-state index contributed by atoms with van der Waals surface area (Å²) in [6.07, 6.45) is 4.50. The van der Waals surface area contributed by atoms with Gasteiger partial charge < -0.3 is 0 Å². The number of hydrogen-bond donors (Lipinski definition) is 0. The van der Waals surface area contributed by atoms with Gasteiger partial charge in [0.2, 0.25) is 0 Å². The minimum Gasteiger partial charge on any atom is -0.292 e. The maximum absolute atomic E-state index is 5.38. The smallest absolute Gasteiger partial charge is 0.145 e. The molecule has 7 rings (SSSR count). The van der Waals surface area contributed by atoms with Crippen LogP contribution in [0.15, 0.2) is 140 Å². The molecular formula is C44H40N2. The highest BCUT2D eigenvalue weighted by Crippen LogP contribution is 2.39. The highest BCUT2D eigenvalue weighted by molar-refractivity contribution is 5.99. The monoisotopic (exact) mass is 596 g/mol. The predicted molar refractivity (Wildman–Crippen MR) is 198 cm³/mol. The number of rotatable bonds is 5. The number of fused-ring (bicyclic) bond motifs is 1. The van der Waals surface area contributed by atoms with Gasteiger partial charge in [-0.05, 0) is 70.8 Å². The number of aromatic nitrogens is 2. The lowest BCUT2D eigenvalue weighted by molar-refractivity contribution is 1.07. The average molecular weight is 597 g/mol. The minimum absolute atomic E-state index is 0.916. The van der Waals surface area contributed by atoms with Crippen LogP contribution in [0.4, 0.5) is 0 Å². The first-order chi connectivity index (χ1) is 22.7. The Balaban J connectivity index is 0.00000182. The quantitative estimate of drug-likeness (QED) is 0.193. The largest absolute Gasteiger partial charge is 0.292 e. The molecule has 0 fully saturated rings. The molecule has 6 aromatic carbocycles. The number of aryl methyl sites for hydroxylation is 1. The molecule has 2 heteroatoms. The number of benzene rings is 6. The maximum atomic E-state index is 5.38. The maximum Gasteiger partial charge on any atom is 0.145 e. The van der Waals surface area contributed by atoms with Gasteiger partial charge in [-0.15, -0.1) is 0 Å². The summed E-state index contributed by atoms with van der Waals surface area (Å²) in [4.78, 5) is 5.38. The normalized spacial score (nSPS) is 11.8. The Hall–Kier alpha value is -5.47. The summed E-state index contributed by atoms with van der Waals surface area (Å²) in [6, 6.07) is 49.4. The lowest BCUT2D eigenvalue weighted by atomic mass is 9.91. The molecule has 0 bridgehead atoms. The second-order valence-corrected chi connectivity index (χ2v) is 11.1. The molecule has 0 N–H and O–H groups in total. The van der Waals surface area contributed by atoms with Crippen molar-refractivity contribution >= 4 is 22.9 Å². The number of nitrogens with zero attached hydrogens (tertiary/aromatic N) is 2. The molecule has 46 heavy (non-hydrogen) atoms. The SMILES string of the molecule is C/C=c1/c(C)c2ccccc2c(-c2cccc(-n3c(-c4ccccc4)nc(-c4ccccc4)c3-c3ccccc3)c2)/c1=C/C.CC. The molecule has 0 aliphatic carbocycles. The summed E-state index contributed by atoms with van der Waals surface area (Å²) in [7, 11) is 0. The van der Waals surface area contributed by atoms with E-state index in [-0.39, 0.29) is 0 Å². The van der Waals surface area contributed by atoms with E-state index in [2.05, 4.69) is 177 Å². The van der Waals surface area contributed by atoms with Crippen molar-refractivity contribution in [3.63, 3.8) is 0 Å². The molecule has 0 spiro atoms. The van der Waals surface area contributed by atoms with E-state index < -0.39 is 0 Å². The molecule has 2 nitrogen and oxygen atoms in total. The topological polar surface area (TPSA) is 17.8 Å². The predicted octanol–water partition coefficient (Wildman–Crippen LogP) is 10.6. The molecule has 0 aliphatic rings. The van der Waals surface area contributed by atoms with Crippen molar-refractivity contribution in [2.75, 3.05) is 0 Å².